The number of morpholine rings is 1. The van der Waals surface area contributed by atoms with Crippen molar-refractivity contribution in [2.45, 2.75) is 38.8 Å². The van der Waals surface area contributed by atoms with Crippen LogP contribution in [0.15, 0.2) is 18.2 Å². The van der Waals surface area contributed by atoms with Gasteiger partial charge in [0.1, 0.15) is 11.6 Å². The molecule has 5 nitrogen and oxygen atoms in total. The molecule has 1 aromatic carbocycles. The lowest BCUT2D eigenvalue weighted by Crippen LogP contribution is -2.53. The highest BCUT2D eigenvalue weighted by Gasteiger charge is 2.35. The van der Waals surface area contributed by atoms with Gasteiger partial charge in [-0.05, 0) is 38.8 Å². The first-order chi connectivity index (χ1) is 12.4. The molecule has 2 atom stereocenters. The SMILES string of the molecule is CC1CN(C(=O)C2CCN(C(=O)c3ccc(F)cc3F)CC2)C(C)CO1. The number of piperidine rings is 1. The van der Waals surface area contributed by atoms with Gasteiger partial charge in [-0.2, -0.15) is 0 Å². The van der Waals surface area contributed by atoms with E-state index in [1.807, 2.05) is 18.7 Å². The smallest absolute Gasteiger partial charge is 0.256 e. The highest BCUT2D eigenvalue weighted by Crippen LogP contribution is 2.24. The topological polar surface area (TPSA) is 49.9 Å². The molecule has 1 aromatic rings. The fraction of sp³-hybridized carbons (Fsp3) is 0.579. The number of halogens is 2. The number of likely N-dealkylation sites (tertiary alicyclic amines) is 1. The van der Waals surface area contributed by atoms with Crippen LogP contribution in [0, 0.1) is 17.6 Å². The third-order valence-corrected chi connectivity index (χ3v) is 5.18. The van der Waals surface area contributed by atoms with Gasteiger partial charge in [0.25, 0.3) is 5.91 Å². The molecule has 0 N–H and O–H groups in total. The highest BCUT2D eigenvalue weighted by atomic mass is 19.1. The average molecular weight is 366 g/mol. The largest absolute Gasteiger partial charge is 0.375 e. The van der Waals surface area contributed by atoms with Gasteiger partial charge in [-0.15, -0.1) is 0 Å². The summed E-state index contributed by atoms with van der Waals surface area (Å²) >= 11 is 0. The highest BCUT2D eigenvalue weighted by molar-refractivity contribution is 5.94. The molecular formula is C19H24F2N2O3. The number of ether oxygens (including phenoxy) is 1. The first-order valence-electron chi connectivity index (χ1n) is 9.03. The van der Waals surface area contributed by atoms with E-state index in [1.54, 1.807) is 0 Å². The molecule has 2 saturated heterocycles. The summed E-state index contributed by atoms with van der Waals surface area (Å²) in [5.74, 6) is -2.05. The van der Waals surface area contributed by atoms with Crippen LogP contribution < -0.4 is 0 Å². The number of hydrogen-bond acceptors (Lipinski definition) is 3. The van der Waals surface area contributed by atoms with Crippen LogP contribution >= 0.6 is 0 Å². The number of hydrogen-bond donors (Lipinski definition) is 0. The fourth-order valence-electron chi connectivity index (χ4n) is 3.61. The summed E-state index contributed by atoms with van der Waals surface area (Å²) in [5.41, 5.74) is -0.133. The standard InChI is InChI=1S/C19H24F2N2O3/c1-12-11-26-13(2)10-23(12)18(24)14-5-7-22(8-6-14)19(25)16-4-3-15(20)9-17(16)21/h3-4,9,12-14H,5-8,10-11H2,1-2H3. The maximum atomic E-state index is 13.8. The van der Waals surface area contributed by atoms with E-state index in [1.165, 1.54) is 11.0 Å². The zero-order valence-electron chi connectivity index (χ0n) is 15.1. The van der Waals surface area contributed by atoms with E-state index in [-0.39, 0.29) is 29.5 Å². The van der Waals surface area contributed by atoms with E-state index >= 15 is 0 Å². The zero-order chi connectivity index (χ0) is 18.8. The third-order valence-electron chi connectivity index (χ3n) is 5.18. The average Bonchev–Trinajstić information content (AvgIpc) is 2.63. The second-order valence-electron chi connectivity index (χ2n) is 7.17. The van der Waals surface area contributed by atoms with Crippen molar-refractivity contribution >= 4 is 11.8 Å². The van der Waals surface area contributed by atoms with Gasteiger partial charge >= 0.3 is 0 Å². The minimum Gasteiger partial charge on any atom is -0.375 e. The summed E-state index contributed by atoms with van der Waals surface area (Å²) in [6.07, 6.45) is 1.12. The van der Waals surface area contributed by atoms with Crippen LogP contribution in [0.3, 0.4) is 0 Å². The maximum Gasteiger partial charge on any atom is 0.256 e. The number of nitrogens with zero attached hydrogens (tertiary/aromatic N) is 2. The fourth-order valence-corrected chi connectivity index (χ4v) is 3.61. The lowest BCUT2D eigenvalue weighted by molar-refractivity contribution is -0.148. The van der Waals surface area contributed by atoms with Crippen LogP contribution in [-0.2, 0) is 9.53 Å². The van der Waals surface area contributed by atoms with Gasteiger partial charge < -0.3 is 14.5 Å². The number of carbonyl (C=O) groups excluding carboxylic acids is 2. The molecule has 2 heterocycles. The molecule has 0 bridgehead atoms. The van der Waals surface area contributed by atoms with E-state index in [4.69, 9.17) is 4.74 Å². The predicted octanol–water partition coefficient (Wildman–Crippen LogP) is 2.45. The molecule has 0 spiro atoms. The molecule has 26 heavy (non-hydrogen) atoms. The molecule has 142 valence electrons. The molecule has 2 unspecified atom stereocenters. The van der Waals surface area contributed by atoms with Gasteiger partial charge in [0.2, 0.25) is 5.91 Å². The Labute approximate surface area is 151 Å². The molecule has 0 radical (unpaired) electrons. The van der Waals surface area contributed by atoms with Crippen LogP contribution in [0.2, 0.25) is 0 Å². The van der Waals surface area contributed by atoms with Crippen molar-refractivity contribution in [3.05, 3.63) is 35.4 Å². The van der Waals surface area contributed by atoms with Crippen molar-refractivity contribution in [3.8, 4) is 0 Å². The Morgan fingerprint density at radius 3 is 2.50 bits per heavy atom. The Balaban J connectivity index is 1.60. The lowest BCUT2D eigenvalue weighted by Gasteiger charge is -2.40. The van der Waals surface area contributed by atoms with Gasteiger partial charge in [-0.1, -0.05) is 0 Å². The molecule has 2 aliphatic rings. The molecule has 2 amide bonds. The summed E-state index contributed by atoms with van der Waals surface area (Å²) in [6, 6.07) is 3.01. The Morgan fingerprint density at radius 1 is 1.15 bits per heavy atom. The Bertz CT molecular complexity index is 689. The van der Waals surface area contributed by atoms with Crippen LogP contribution in [0.1, 0.15) is 37.0 Å². The molecule has 2 aliphatic heterocycles. The minimum atomic E-state index is -0.857. The number of rotatable bonds is 2. The van der Waals surface area contributed by atoms with E-state index in [2.05, 4.69) is 0 Å². The monoisotopic (exact) mass is 366 g/mol. The first-order valence-corrected chi connectivity index (χ1v) is 9.03. The van der Waals surface area contributed by atoms with Crippen molar-refractivity contribution in [2.24, 2.45) is 5.92 Å². The maximum absolute atomic E-state index is 13.8. The molecule has 2 fully saturated rings. The van der Waals surface area contributed by atoms with Crippen molar-refractivity contribution < 1.29 is 23.1 Å². The van der Waals surface area contributed by atoms with Crippen molar-refractivity contribution in [3.63, 3.8) is 0 Å². The zero-order valence-corrected chi connectivity index (χ0v) is 15.1. The normalized spacial score (nSPS) is 24.6. The first kappa shape index (κ1) is 18.8. The van der Waals surface area contributed by atoms with Crippen molar-refractivity contribution in [1.82, 2.24) is 9.80 Å². The third kappa shape index (κ3) is 3.87. The summed E-state index contributed by atoms with van der Waals surface area (Å²) in [7, 11) is 0. The minimum absolute atomic E-state index is 0.0262. The molecule has 0 saturated carbocycles. The number of benzene rings is 1. The van der Waals surface area contributed by atoms with Gasteiger partial charge in [-0.3, -0.25) is 9.59 Å². The van der Waals surface area contributed by atoms with Crippen molar-refractivity contribution in [1.29, 1.82) is 0 Å². The van der Waals surface area contributed by atoms with Crippen LogP contribution in [0.4, 0.5) is 8.78 Å². The van der Waals surface area contributed by atoms with Gasteiger partial charge in [-0.25, -0.2) is 8.78 Å². The van der Waals surface area contributed by atoms with Gasteiger partial charge in [0.15, 0.2) is 0 Å². The second-order valence-corrected chi connectivity index (χ2v) is 7.17. The lowest BCUT2D eigenvalue weighted by atomic mass is 9.93. The predicted molar refractivity (Wildman–Crippen MR) is 91.6 cm³/mol. The molecule has 3 rings (SSSR count). The molecular weight excluding hydrogens is 342 g/mol. The number of amides is 2. The van der Waals surface area contributed by atoms with Crippen LogP contribution in [0.5, 0.6) is 0 Å². The Hall–Kier alpha value is -2.02. The second kappa shape index (κ2) is 7.70. The Morgan fingerprint density at radius 2 is 1.85 bits per heavy atom. The number of carbonyl (C=O) groups is 2. The summed E-state index contributed by atoms with van der Waals surface area (Å²) < 4.78 is 32.4. The molecule has 0 aliphatic carbocycles. The quantitative estimate of drug-likeness (QED) is 0.808. The Kier molecular flexibility index (Phi) is 5.55. The van der Waals surface area contributed by atoms with Gasteiger partial charge in [0.05, 0.1) is 24.3 Å². The van der Waals surface area contributed by atoms with Crippen LogP contribution in [-0.4, -0.2) is 60.0 Å². The van der Waals surface area contributed by atoms with Crippen LogP contribution in [0.25, 0.3) is 0 Å². The van der Waals surface area contributed by atoms with Crippen molar-refractivity contribution in [2.75, 3.05) is 26.2 Å². The van der Waals surface area contributed by atoms with E-state index in [9.17, 15) is 18.4 Å². The molecule has 0 aromatic heterocycles. The van der Waals surface area contributed by atoms with Gasteiger partial charge in [0, 0.05) is 31.6 Å². The summed E-state index contributed by atoms with van der Waals surface area (Å²) in [5, 5.41) is 0. The van der Waals surface area contributed by atoms with E-state index < -0.39 is 17.5 Å². The summed E-state index contributed by atoms with van der Waals surface area (Å²) in [4.78, 5) is 28.7. The summed E-state index contributed by atoms with van der Waals surface area (Å²) in [6.45, 7) is 5.82. The van der Waals surface area contributed by atoms with E-state index in [0.29, 0.717) is 45.1 Å². The van der Waals surface area contributed by atoms with E-state index in [0.717, 1.165) is 6.07 Å². The molecule has 7 heteroatoms.